The number of nitrogens with zero attached hydrogens (tertiary/aromatic N) is 1. The van der Waals surface area contributed by atoms with Crippen molar-refractivity contribution >= 4 is 5.82 Å². The van der Waals surface area contributed by atoms with E-state index in [-0.39, 0.29) is 5.82 Å². The molecule has 3 heteroatoms. The summed E-state index contributed by atoms with van der Waals surface area (Å²) in [5.41, 5.74) is 8.08. The van der Waals surface area contributed by atoms with E-state index in [2.05, 4.69) is 4.98 Å². The highest BCUT2D eigenvalue weighted by atomic mass is 19.1. The maximum atomic E-state index is 13.0. The molecule has 1 heterocycles. The molecule has 0 amide bonds. The average molecular weight is 202 g/mol. The molecule has 1 aromatic carbocycles. The minimum Gasteiger partial charge on any atom is -0.384 e. The summed E-state index contributed by atoms with van der Waals surface area (Å²) < 4.78 is 13.0. The minimum absolute atomic E-state index is 0.247. The molecular formula is C12H11FN2. The van der Waals surface area contributed by atoms with Crippen molar-refractivity contribution in [2.45, 2.75) is 6.92 Å². The van der Waals surface area contributed by atoms with Gasteiger partial charge in [-0.2, -0.15) is 0 Å². The molecule has 0 radical (unpaired) electrons. The van der Waals surface area contributed by atoms with Gasteiger partial charge in [0.25, 0.3) is 0 Å². The number of anilines is 1. The summed E-state index contributed by atoms with van der Waals surface area (Å²) >= 11 is 0. The molecular weight excluding hydrogens is 191 g/mol. The number of benzene rings is 1. The summed E-state index contributed by atoms with van der Waals surface area (Å²) in [5.74, 6) is 0.233. The van der Waals surface area contributed by atoms with Gasteiger partial charge in [-0.25, -0.2) is 9.37 Å². The first-order valence-corrected chi connectivity index (χ1v) is 4.66. The number of rotatable bonds is 1. The summed E-state index contributed by atoms with van der Waals surface area (Å²) in [7, 11) is 0. The van der Waals surface area contributed by atoms with Crippen molar-refractivity contribution in [2.75, 3.05) is 5.73 Å². The van der Waals surface area contributed by atoms with E-state index < -0.39 is 0 Å². The van der Waals surface area contributed by atoms with Crippen LogP contribution in [0.15, 0.2) is 36.4 Å². The smallest absolute Gasteiger partial charge is 0.123 e. The summed E-state index contributed by atoms with van der Waals surface area (Å²) in [6.45, 7) is 1.86. The van der Waals surface area contributed by atoms with Gasteiger partial charge in [-0.05, 0) is 36.8 Å². The van der Waals surface area contributed by atoms with Crippen LogP contribution in [0.25, 0.3) is 11.1 Å². The monoisotopic (exact) mass is 202 g/mol. The highest BCUT2D eigenvalue weighted by molar-refractivity contribution is 5.66. The van der Waals surface area contributed by atoms with E-state index in [0.29, 0.717) is 5.82 Å². The number of aryl methyl sites for hydroxylation is 1. The molecule has 0 atom stereocenters. The third-order valence-corrected chi connectivity index (χ3v) is 2.24. The molecule has 0 fully saturated rings. The molecule has 0 aliphatic rings. The normalized spacial score (nSPS) is 10.3. The minimum atomic E-state index is -0.247. The van der Waals surface area contributed by atoms with E-state index in [1.54, 1.807) is 12.1 Å². The molecule has 0 saturated heterocycles. The van der Waals surface area contributed by atoms with Gasteiger partial charge in [0, 0.05) is 11.3 Å². The van der Waals surface area contributed by atoms with Crippen molar-refractivity contribution in [3.63, 3.8) is 0 Å². The first kappa shape index (κ1) is 9.65. The predicted molar refractivity (Wildman–Crippen MR) is 58.8 cm³/mol. The molecule has 15 heavy (non-hydrogen) atoms. The number of hydrogen-bond donors (Lipinski definition) is 1. The summed E-state index contributed by atoms with van der Waals surface area (Å²) in [6.07, 6.45) is 0. The highest BCUT2D eigenvalue weighted by Crippen LogP contribution is 2.23. The Labute approximate surface area is 87.6 Å². The van der Waals surface area contributed by atoms with Gasteiger partial charge in [-0.15, -0.1) is 0 Å². The van der Waals surface area contributed by atoms with Gasteiger partial charge in [0.1, 0.15) is 11.6 Å². The van der Waals surface area contributed by atoms with Crippen LogP contribution in [0.3, 0.4) is 0 Å². The second-order valence-corrected chi connectivity index (χ2v) is 3.38. The van der Waals surface area contributed by atoms with Gasteiger partial charge < -0.3 is 5.73 Å². The molecule has 0 spiro atoms. The predicted octanol–water partition coefficient (Wildman–Crippen LogP) is 2.78. The molecule has 0 aliphatic heterocycles. The fourth-order valence-electron chi connectivity index (χ4n) is 1.54. The summed E-state index contributed by atoms with van der Waals surface area (Å²) in [5, 5.41) is 0. The Kier molecular flexibility index (Phi) is 2.37. The number of pyridine rings is 1. The number of nitrogens with two attached hydrogens (primary N) is 1. The quantitative estimate of drug-likeness (QED) is 0.772. The Balaban J connectivity index is 2.54. The van der Waals surface area contributed by atoms with E-state index in [4.69, 9.17) is 5.73 Å². The second kappa shape index (κ2) is 3.69. The summed E-state index contributed by atoms with van der Waals surface area (Å²) in [6, 6.07) is 10.0. The zero-order valence-electron chi connectivity index (χ0n) is 8.37. The van der Waals surface area contributed by atoms with Crippen LogP contribution in [0.5, 0.6) is 0 Å². The van der Waals surface area contributed by atoms with Crippen LogP contribution in [-0.2, 0) is 0 Å². The van der Waals surface area contributed by atoms with Crippen molar-refractivity contribution in [1.82, 2.24) is 4.98 Å². The number of nitrogen functional groups attached to an aromatic ring is 1. The zero-order chi connectivity index (χ0) is 10.8. The lowest BCUT2D eigenvalue weighted by Gasteiger charge is -2.05. The lowest BCUT2D eigenvalue weighted by Crippen LogP contribution is -1.94. The molecule has 0 aliphatic carbocycles. The Morgan fingerprint density at radius 2 is 2.00 bits per heavy atom. The van der Waals surface area contributed by atoms with Crippen LogP contribution in [0, 0.1) is 12.7 Å². The lowest BCUT2D eigenvalue weighted by molar-refractivity contribution is 0.628. The molecule has 2 nitrogen and oxygen atoms in total. The van der Waals surface area contributed by atoms with Crippen LogP contribution in [-0.4, -0.2) is 4.98 Å². The first-order valence-electron chi connectivity index (χ1n) is 4.66. The van der Waals surface area contributed by atoms with Crippen LogP contribution in [0.4, 0.5) is 10.2 Å². The molecule has 0 unspecified atom stereocenters. The van der Waals surface area contributed by atoms with Gasteiger partial charge in [0.2, 0.25) is 0 Å². The molecule has 2 N–H and O–H groups in total. The average Bonchev–Trinajstić information content (AvgIpc) is 2.17. The maximum Gasteiger partial charge on any atom is 0.123 e. The van der Waals surface area contributed by atoms with E-state index in [9.17, 15) is 4.39 Å². The van der Waals surface area contributed by atoms with Gasteiger partial charge in [-0.3, -0.25) is 0 Å². The van der Waals surface area contributed by atoms with Crippen molar-refractivity contribution in [1.29, 1.82) is 0 Å². The second-order valence-electron chi connectivity index (χ2n) is 3.38. The van der Waals surface area contributed by atoms with Crippen molar-refractivity contribution in [3.8, 4) is 11.1 Å². The fraction of sp³-hybridized carbons (Fsp3) is 0.0833. The Morgan fingerprint density at radius 1 is 1.20 bits per heavy atom. The van der Waals surface area contributed by atoms with E-state index in [1.807, 2.05) is 19.1 Å². The highest BCUT2D eigenvalue weighted by Gasteiger charge is 2.03. The fourth-order valence-corrected chi connectivity index (χ4v) is 1.54. The van der Waals surface area contributed by atoms with Gasteiger partial charge in [0.05, 0.1) is 0 Å². The van der Waals surface area contributed by atoms with Gasteiger partial charge in [0.15, 0.2) is 0 Å². The van der Waals surface area contributed by atoms with Gasteiger partial charge >= 0.3 is 0 Å². The van der Waals surface area contributed by atoms with Gasteiger partial charge in [-0.1, -0.05) is 12.1 Å². The standard InChI is InChI=1S/C12H11FN2/c1-8-11(5-6-12(14)15-8)9-3-2-4-10(13)7-9/h2-7H,1H3,(H2,14,15). The largest absolute Gasteiger partial charge is 0.384 e. The topological polar surface area (TPSA) is 38.9 Å². The van der Waals surface area contributed by atoms with Crippen molar-refractivity contribution < 1.29 is 4.39 Å². The molecule has 0 bridgehead atoms. The van der Waals surface area contributed by atoms with Crippen molar-refractivity contribution in [3.05, 3.63) is 47.9 Å². The third-order valence-electron chi connectivity index (χ3n) is 2.24. The maximum absolute atomic E-state index is 13.0. The third kappa shape index (κ3) is 1.96. The Hall–Kier alpha value is -1.90. The number of aromatic nitrogens is 1. The lowest BCUT2D eigenvalue weighted by atomic mass is 10.0. The number of halogens is 1. The molecule has 2 aromatic rings. The van der Waals surface area contributed by atoms with E-state index in [1.165, 1.54) is 12.1 Å². The zero-order valence-corrected chi connectivity index (χ0v) is 8.37. The molecule has 0 saturated carbocycles. The number of hydrogen-bond acceptors (Lipinski definition) is 2. The molecule has 1 aromatic heterocycles. The molecule has 2 rings (SSSR count). The van der Waals surface area contributed by atoms with E-state index >= 15 is 0 Å². The van der Waals surface area contributed by atoms with Crippen LogP contribution >= 0.6 is 0 Å². The van der Waals surface area contributed by atoms with Crippen LogP contribution < -0.4 is 5.73 Å². The Morgan fingerprint density at radius 3 is 2.67 bits per heavy atom. The first-order chi connectivity index (χ1) is 7.16. The SMILES string of the molecule is Cc1nc(N)ccc1-c1cccc(F)c1. The van der Waals surface area contributed by atoms with Crippen molar-refractivity contribution in [2.24, 2.45) is 0 Å². The molecule has 76 valence electrons. The van der Waals surface area contributed by atoms with E-state index in [0.717, 1.165) is 16.8 Å². The van der Waals surface area contributed by atoms with Crippen LogP contribution in [0.1, 0.15) is 5.69 Å². The Bertz CT molecular complexity index is 495. The summed E-state index contributed by atoms with van der Waals surface area (Å²) in [4.78, 5) is 4.13. The van der Waals surface area contributed by atoms with Crippen LogP contribution in [0.2, 0.25) is 0 Å².